The second-order valence-corrected chi connectivity index (χ2v) is 4.01. The molecule has 86 valence electrons. The summed E-state index contributed by atoms with van der Waals surface area (Å²) in [5, 5.41) is 8.65. The van der Waals surface area contributed by atoms with E-state index in [-0.39, 0.29) is 31.2 Å². The van der Waals surface area contributed by atoms with Gasteiger partial charge in [-0.05, 0) is 26.7 Å². The van der Waals surface area contributed by atoms with Crippen LogP contribution in [0.2, 0.25) is 0 Å². The largest absolute Gasteiger partial charge is 0.480 e. The molecule has 0 aromatic carbocycles. The summed E-state index contributed by atoms with van der Waals surface area (Å²) >= 11 is 0. The molecule has 0 aromatic heterocycles. The lowest BCUT2D eigenvalue weighted by Crippen LogP contribution is -2.40. The molecule has 0 unspecified atom stereocenters. The molecule has 1 rings (SSSR count). The van der Waals surface area contributed by atoms with Gasteiger partial charge in [-0.2, -0.15) is 0 Å². The Morgan fingerprint density at radius 2 is 2.07 bits per heavy atom. The number of hydrogen-bond acceptors (Lipinski definition) is 3. The molecule has 15 heavy (non-hydrogen) atoms. The van der Waals surface area contributed by atoms with Crippen molar-refractivity contribution in [1.82, 2.24) is 4.90 Å². The first-order valence-corrected chi connectivity index (χ1v) is 5.13. The van der Waals surface area contributed by atoms with Crippen molar-refractivity contribution in [3.63, 3.8) is 0 Å². The zero-order valence-corrected chi connectivity index (χ0v) is 9.10. The molecular weight excluding hydrogens is 198 g/mol. The summed E-state index contributed by atoms with van der Waals surface area (Å²) in [6, 6.07) is 0.115. The van der Waals surface area contributed by atoms with E-state index in [9.17, 15) is 9.59 Å². The van der Waals surface area contributed by atoms with Gasteiger partial charge in [0.2, 0.25) is 5.91 Å². The Kier molecular flexibility index (Phi) is 4.08. The first-order chi connectivity index (χ1) is 7.00. The van der Waals surface area contributed by atoms with Crippen LogP contribution in [0.25, 0.3) is 0 Å². The number of hydrogen-bond donors (Lipinski definition) is 1. The van der Waals surface area contributed by atoms with E-state index < -0.39 is 5.97 Å². The van der Waals surface area contributed by atoms with Crippen LogP contribution in [0.5, 0.6) is 0 Å². The van der Waals surface area contributed by atoms with Crippen LogP contribution in [0.15, 0.2) is 0 Å². The molecule has 5 nitrogen and oxygen atoms in total. The Bertz CT molecular complexity index is 248. The minimum atomic E-state index is -0.972. The molecule has 0 saturated heterocycles. The van der Waals surface area contributed by atoms with Crippen molar-refractivity contribution in [3.05, 3.63) is 0 Å². The van der Waals surface area contributed by atoms with E-state index in [1.807, 2.05) is 13.8 Å². The van der Waals surface area contributed by atoms with E-state index in [0.29, 0.717) is 0 Å². The van der Waals surface area contributed by atoms with Gasteiger partial charge in [0.15, 0.2) is 0 Å². The predicted octanol–water partition coefficient (Wildman–Crippen LogP) is 0.487. The number of carbonyl (C=O) groups excluding carboxylic acids is 1. The highest BCUT2D eigenvalue weighted by Gasteiger charge is 2.33. The van der Waals surface area contributed by atoms with Crippen LogP contribution in [-0.4, -0.2) is 47.2 Å². The molecule has 0 aliphatic heterocycles. The third-order valence-corrected chi connectivity index (χ3v) is 2.15. The molecule has 1 aliphatic rings. The lowest BCUT2D eigenvalue weighted by molar-refractivity contribution is -0.147. The van der Waals surface area contributed by atoms with Crippen LogP contribution in [0.4, 0.5) is 0 Å². The molecule has 1 fully saturated rings. The van der Waals surface area contributed by atoms with Gasteiger partial charge >= 0.3 is 5.97 Å². The van der Waals surface area contributed by atoms with Gasteiger partial charge in [-0.25, -0.2) is 0 Å². The van der Waals surface area contributed by atoms with Crippen molar-refractivity contribution in [3.8, 4) is 0 Å². The van der Waals surface area contributed by atoms with Gasteiger partial charge in [0, 0.05) is 6.04 Å². The number of aliphatic carboxylic acids is 1. The zero-order valence-electron chi connectivity index (χ0n) is 9.10. The van der Waals surface area contributed by atoms with Crippen molar-refractivity contribution >= 4 is 11.9 Å². The second kappa shape index (κ2) is 5.11. The van der Waals surface area contributed by atoms with E-state index >= 15 is 0 Å². The van der Waals surface area contributed by atoms with Crippen LogP contribution in [0.1, 0.15) is 26.7 Å². The van der Waals surface area contributed by atoms with Crippen molar-refractivity contribution in [2.45, 2.75) is 38.8 Å². The normalized spacial score (nSPS) is 15.4. The highest BCUT2D eigenvalue weighted by molar-refractivity contribution is 5.82. The summed E-state index contributed by atoms with van der Waals surface area (Å²) in [4.78, 5) is 23.5. The lowest BCUT2D eigenvalue weighted by Gasteiger charge is -2.20. The molecule has 5 heteroatoms. The number of ether oxygens (including phenoxy) is 1. The van der Waals surface area contributed by atoms with Crippen molar-refractivity contribution in [2.75, 3.05) is 13.2 Å². The minimum absolute atomic E-state index is 0.0140. The third kappa shape index (κ3) is 4.29. The number of nitrogens with zero attached hydrogens (tertiary/aromatic N) is 1. The van der Waals surface area contributed by atoms with E-state index in [1.165, 1.54) is 4.90 Å². The number of rotatable bonds is 6. The minimum Gasteiger partial charge on any atom is -0.480 e. The number of carbonyl (C=O) groups is 2. The zero-order chi connectivity index (χ0) is 11.4. The summed E-state index contributed by atoms with van der Waals surface area (Å²) in [7, 11) is 0. The van der Waals surface area contributed by atoms with E-state index in [2.05, 4.69) is 0 Å². The predicted molar refractivity (Wildman–Crippen MR) is 53.5 cm³/mol. The monoisotopic (exact) mass is 215 g/mol. The Balaban J connectivity index is 2.40. The van der Waals surface area contributed by atoms with Crippen molar-refractivity contribution in [2.24, 2.45) is 0 Å². The second-order valence-electron chi connectivity index (χ2n) is 4.01. The van der Waals surface area contributed by atoms with E-state index in [0.717, 1.165) is 12.8 Å². The van der Waals surface area contributed by atoms with Crippen molar-refractivity contribution < 1.29 is 19.4 Å². The molecule has 0 spiro atoms. The third-order valence-electron chi connectivity index (χ3n) is 2.15. The first-order valence-electron chi connectivity index (χ1n) is 5.13. The quantitative estimate of drug-likeness (QED) is 0.700. The summed E-state index contributed by atoms with van der Waals surface area (Å²) in [6.45, 7) is 3.43. The molecule has 0 radical (unpaired) electrons. The first kappa shape index (κ1) is 12.0. The van der Waals surface area contributed by atoms with Gasteiger partial charge < -0.3 is 14.7 Å². The average molecular weight is 215 g/mol. The number of amides is 1. The smallest absolute Gasteiger partial charge is 0.323 e. The Labute approximate surface area is 89.0 Å². The highest BCUT2D eigenvalue weighted by Crippen LogP contribution is 2.26. The molecule has 1 N–H and O–H groups in total. The van der Waals surface area contributed by atoms with Gasteiger partial charge in [0.1, 0.15) is 13.2 Å². The summed E-state index contributed by atoms with van der Waals surface area (Å²) in [5.41, 5.74) is 0. The van der Waals surface area contributed by atoms with Gasteiger partial charge in [-0.1, -0.05) is 0 Å². The fourth-order valence-electron chi connectivity index (χ4n) is 1.27. The molecule has 0 bridgehead atoms. The number of carboxylic acids is 1. The Morgan fingerprint density at radius 3 is 2.47 bits per heavy atom. The molecule has 0 atom stereocenters. The summed E-state index contributed by atoms with van der Waals surface area (Å²) in [5.74, 6) is -1.20. The van der Waals surface area contributed by atoms with Gasteiger partial charge in [-0.15, -0.1) is 0 Å². The summed E-state index contributed by atoms with van der Waals surface area (Å²) < 4.78 is 5.16. The standard InChI is InChI=1S/C10H17NO4/c1-7(2)15-6-9(12)11(5-10(13)14)8-3-4-8/h7-8H,3-6H2,1-2H3,(H,13,14). The highest BCUT2D eigenvalue weighted by atomic mass is 16.5. The molecule has 1 aliphatic carbocycles. The average Bonchev–Trinajstić information content (AvgIpc) is 2.93. The van der Waals surface area contributed by atoms with Crippen LogP contribution < -0.4 is 0 Å². The van der Waals surface area contributed by atoms with Crippen LogP contribution in [0, 0.1) is 0 Å². The maximum atomic E-state index is 11.6. The van der Waals surface area contributed by atoms with E-state index in [4.69, 9.17) is 9.84 Å². The maximum Gasteiger partial charge on any atom is 0.323 e. The molecular formula is C10H17NO4. The fraction of sp³-hybridized carbons (Fsp3) is 0.800. The molecule has 0 aromatic rings. The number of carboxylic acid groups (broad SMARTS) is 1. The van der Waals surface area contributed by atoms with Gasteiger partial charge in [0.25, 0.3) is 0 Å². The Hall–Kier alpha value is -1.10. The molecule has 1 amide bonds. The van der Waals surface area contributed by atoms with Crippen molar-refractivity contribution in [1.29, 1.82) is 0 Å². The topological polar surface area (TPSA) is 66.8 Å². The Morgan fingerprint density at radius 1 is 1.47 bits per heavy atom. The maximum absolute atomic E-state index is 11.6. The van der Waals surface area contributed by atoms with Crippen LogP contribution in [0.3, 0.4) is 0 Å². The fourth-order valence-corrected chi connectivity index (χ4v) is 1.27. The van der Waals surface area contributed by atoms with Gasteiger partial charge in [0.05, 0.1) is 6.10 Å². The lowest BCUT2D eigenvalue weighted by atomic mass is 10.4. The van der Waals surface area contributed by atoms with Gasteiger partial charge in [-0.3, -0.25) is 9.59 Å². The van der Waals surface area contributed by atoms with E-state index in [1.54, 1.807) is 0 Å². The molecule has 1 saturated carbocycles. The SMILES string of the molecule is CC(C)OCC(=O)N(CC(=O)O)C1CC1. The summed E-state index contributed by atoms with van der Waals surface area (Å²) in [6.07, 6.45) is 1.79. The van der Waals surface area contributed by atoms with Crippen LogP contribution >= 0.6 is 0 Å². The van der Waals surface area contributed by atoms with Crippen LogP contribution in [-0.2, 0) is 14.3 Å². The molecule has 0 heterocycles.